The minimum Gasteiger partial charge on any atom is -0.267 e. The Balaban J connectivity index is 1.65. The summed E-state index contributed by atoms with van der Waals surface area (Å²) in [6, 6.07) is 17.2. The number of rotatable bonds is 5. The predicted octanol–water partition coefficient (Wildman–Crippen LogP) is 4.68. The van der Waals surface area contributed by atoms with Crippen LogP contribution in [0.25, 0.3) is 22.2 Å². The predicted molar refractivity (Wildman–Crippen MR) is 114 cm³/mol. The molecule has 0 aliphatic carbocycles. The van der Waals surface area contributed by atoms with E-state index in [4.69, 9.17) is 0 Å². The van der Waals surface area contributed by atoms with Crippen LogP contribution in [0.15, 0.2) is 72.1 Å². The smallest absolute Gasteiger partial charge is 0.267 e. The van der Waals surface area contributed by atoms with E-state index in [1.54, 1.807) is 36.0 Å². The van der Waals surface area contributed by atoms with Crippen molar-refractivity contribution in [3.8, 4) is 11.3 Å². The molecule has 1 aromatic carbocycles. The molecule has 4 aromatic rings. The minimum absolute atomic E-state index is 0.266. The van der Waals surface area contributed by atoms with Crippen LogP contribution in [-0.4, -0.2) is 22.1 Å². The second-order valence-electron chi connectivity index (χ2n) is 6.16. The number of hydrogen-bond acceptors (Lipinski definition) is 5. The number of hydrogen-bond donors (Lipinski definition) is 1. The molecule has 1 N–H and O–H groups in total. The first-order valence-electron chi connectivity index (χ1n) is 8.97. The normalized spacial score (nSPS) is 11.2. The number of pyridine rings is 2. The lowest BCUT2D eigenvalue weighted by molar-refractivity contribution is 0.0957. The van der Waals surface area contributed by atoms with Gasteiger partial charge in [-0.25, -0.2) is 10.4 Å². The number of benzene rings is 1. The highest BCUT2D eigenvalue weighted by molar-refractivity contribution is 7.13. The van der Waals surface area contributed by atoms with Gasteiger partial charge in [-0.05, 0) is 42.8 Å². The fraction of sp³-hybridized carbons (Fsp3) is 0.0909. The van der Waals surface area contributed by atoms with Crippen LogP contribution in [0.3, 0.4) is 0 Å². The van der Waals surface area contributed by atoms with Gasteiger partial charge in [-0.3, -0.25) is 9.78 Å². The second kappa shape index (κ2) is 8.10. The van der Waals surface area contributed by atoms with Gasteiger partial charge in [0.25, 0.3) is 5.91 Å². The first-order valence-corrected chi connectivity index (χ1v) is 9.78. The van der Waals surface area contributed by atoms with E-state index < -0.39 is 0 Å². The number of nitrogens with zero attached hydrogens (tertiary/aromatic N) is 3. The molecule has 3 heterocycles. The molecule has 0 saturated heterocycles. The van der Waals surface area contributed by atoms with Crippen LogP contribution >= 0.6 is 11.3 Å². The number of thiophene rings is 1. The van der Waals surface area contributed by atoms with Gasteiger partial charge in [0.05, 0.1) is 23.0 Å². The third kappa shape index (κ3) is 3.82. The number of aryl methyl sites for hydroxylation is 1. The van der Waals surface area contributed by atoms with E-state index in [0.29, 0.717) is 5.56 Å². The lowest BCUT2D eigenvalue weighted by Gasteiger charge is -2.08. The Morgan fingerprint density at radius 3 is 2.75 bits per heavy atom. The van der Waals surface area contributed by atoms with Gasteiger partial charge in [-0.2, -0.15) is 5.10 Å². The Morgan fingerprint density at radius 1 is 1.14 bits per heavy atom. The maximum atomic E-state index is 12.8. The fourth-order valence-corrected chi connectivity index (χ4v) is 3.73. The molecule has 0 atom stereocenters. The quantitative estimate of drug-likeness (QED) is 0.400. The van der Waals surface area contributed by atoms with Crippen molar-refractivity contribution >= 4 is 34.4 Å². The first kappa shape index (κ1) is 18.0. The van der Waals surface area contributed by atoms with Gasteiger partial charge in [-0.1, -0.05) is 25.1 Å². The molecule has 5 nitrogen and oxygen atoms in total. The van der Waals surface area contributed by atoms with Crippen LogP contribution < -0.4 is 5.43 Å². The van der Waals surface area contributed by atoms with Crippen LogP contribution in [0.4, 0.5) is 0 Å². The number of carbonyl (C=O) groups excluding carboxylic acids is 1. The van der Waals surface area contributed by atoms with E-state index in [0.717, 1.165) is 33.5 Å². The fourth-order valence-electron chi connectivity index (χ4n) is 2.90. The molecule has 0 radical (unpaired) electrons. The number of para-hydroxylation sites is 1. The van der Waals surface area contributed by atoms with Gasteiger partial charge in [0.2, 0.25) is 0 Å². The summed E-state index contributed by atoms with van der Waals surface area (Å²) in [6.45, 7) is 2.11. The third-order valence-corrected chi connectivity index (χ3v) is 5.49. The average molecular weight is 386 g/mol. The standard InChI is InChI=1S/C22H18N4OS/c1-2-16-7-8-17(28-16)14-24-26-22(27)19-13-21(15-9-11-23-12-10-15)25-20-6-4-3-5-18(19)20/h3-14H,2H2,1H3,(H,26,27)/b24-14-. The Labute approximate surface area is 166 Å². The van der Waals surface area contributed by atoms with Crippen LogP contribution in [0.1, 0.15) is 27.0 Å². The van der Waals surface area contributed by atoms with E-state index in [2.05, 4.69) is 33.5 Å². The lowest BCUT2D eigenvalue weighted by Crippen LogP contribution is -2.18. The molecule has 28 heavy (non-hydrogen) atoms. The van der Waals surface area contributed by atoms with Crippen molar-refractivity contribution in [3.63, 3.8) is 0 Å². The summed E-state index contributed by atoms with van der Waals surface area (Å²) in [4.78, 5) is 23.9. The summed E-state index contributed by atoms with van der Waals surface area (Å²) < 4.78 is 0. The van der Waals surface area contributed by atoms with E-state index in [1.165, 1.54) is 4.88 Å². The summed E-state index contributed by atoms with van der Waals surface area (Å²) >= 11 is 1.67. The Bertz CT molecular complexity index is 1150. The number of fused-ring (bicyclic) bond motifs is 1. The molecule has 0 bridgehead atoms. The second-order valence-corrected chi connectivity index (χ2v) is 7.36. The van der Waals surface area contributed by atoms with Gasteiger partial charge in [-0.15, -0.1) is 11.3 Å². The van der Waals surface area contributed by atoms with Gasteiger partial charge >= 0.3 is 0 Å². The monoisotopic (exact) mass is 386 g/mol. The molecule has 4 rings (SSSR count). The van der Waals surface area contributed by atoms with Crippen molar-refractivity contribution in [2.75, 3.05) is 0 Å². The molecule has 0 spiro atoms. The van der Waals surface area contributed by atoms with E-state index >= 15 is 0 Å². The van der Waals surface area contributed by atoms with E-state index in [9.17, 15) is 4.79 Å². The third-order valence-electron chi connectivity index (χ3n) is 4.33. The van der Waals surface area contributed by atoms with Gasteiger partial charge in [0.1, 0.15) is 0 Å². The molecule has 1 amide bonds. The van der Waals surface area contributed by atoms with Crippen LogP contribution in [0.2, 0.25) is 0 Å². The highest BCUT2D eigenvalue weighted by Gasteiger charge is 2.13. The molecule has 0 unspecified atom stereocenters. The van der Waals surface area contributed by atoms with Crippen molar-refractivity contribution in [1.82, 2.24) is 15.4 Å². The SMILES string of the molecule is CCc1ccc(/C=N\NC(=O)c2cc(-c3ccncc3)nc3ccccc23)s1. The largest absolute Gasteiger partial charge is 0.272 e. The molecular weight excluding hydrogens is 368 g/mol. The van der Waals surface area contributed by atoms with Gasteiger partial charge in [0.15, 0.2) is 0 Å². The maximum absolute atomic E-state index is 12.8. The van der Waals surface area contributed by atoms with Crippen LogP contribution in [-0.2, 0) is 6.42 Å². The molecular formula is C22H18N4OS. The van der Waals surface area contributed by atoms with Crippen molar-refractivity contribution in [3.05, 3.63) is 82.3 Å². The topological polar surface area (TPSA) is 67.2 Å². The number of amides is 1. The van der Waals surface area contributed by atoms with Gasteiger partial charge in [0, 0.05) is 33.1 Å². The molecule has 138 valence electrons. The number of nitrogens with one attached hydrogen (secondary N) is 1. The van der Waals surface area contributed by atoms with Crippen molar-refractivity contribution in [1.29, 1.82) is 0 Å². The minimum atomic E-state index is -0.266. The lowest BCUT2D eigenvalue weighted by atomic mass is 10.0. The summed E-state index contributed by atoms with van der Waals surface area (Å²) in [5.41, 5.74) is 5.57. The number of carbonyl (C=O) groups is 1. The zero-order valence-electron chi connectivity index (χ0n) is 15.3. The van der Waals surface area contributed by atoms with Crippen molar-refractivity contribution in [2.24, 2.45) is 5.10 Å². The summed E-state index contributed by atoms with van der Waals surface area (Å²) in [5, 5.41) is 4.92. The van der Waals surface area contributed by atoms with E-state index in [-0.39, 0.29) is 5.91 Å². The first-order chi connectivity index (χ1) is 13.7. The number of aromatic nitrogens is 2. The summed E-state index contributed by atoms with van der Waals surface area (Å²) in [5.74, 6) is -0.266. The molecule has 0 fully saturated rings. The summed E-state index contributed by atoms with van der Waals surface area (Å²) in [6.07, 6.45) is 6.09. The zero-order valence-corrected chi connectivity index (χ0v) is 16.1. The van der Waals surface area contributed by atoms with Gasteiger partial charge < -0.3 is 0 Å². The van der Waals surface area contributed by atoms with Crippen molar-refractivity contribution < 1.29 is 4.79 Å². The molecule has 0 aliphatic heterocycles. The molecule has 3 aromatic heterocycles. The highest BCUT2D eigenvalue weighted by Crippen LogP contribution is 2.24. The number of hydrazone groups is 1. The Hall–Kier alpha value is -3.38. The molecule has 0 aliphatic rings. The Kier molecular flexibility index (Phi) is 5.21. The Morgan fingerprint density at radius 2 is 1.96 bits per heavy atom. The molecule has 6 heteroatoms. The van der Waals surface area contributed by atoms with Crippen LogP contribution in [0.5, 0.6) is 0 Å². The molecule has 0 saturated carbocycles. The maximum Gasteiger partial charge on any atom is 0.272 e. The van der Waals surface area contributed by atoms with E-state index in [1.807, 2.05) is 42.5 Å². The average Bonchev–Trinajstić information content (AvgIpc) is 3.21. The van der Waals surface area contributed by atoms with Crippen molar-refractivity contribution in [2.45, 2.75) is 13.3 Å². The highest BCUT2D eigenvalue weighted by atomic mass is 32.1. The zero-order chi connectivity index (χ0) is 19.3. The van der Waals surface area contributed by atoms with Crippen LogP contribution in [0, 0.1) is 0 Å². The summed E-state index contributed by atoms with van der Waals surface area (Å²) in [7, 11) is 0.